The number of rotatable bonds is 9. The number of hydrogen-bond donors (Lipinski definition) is 2. The van der Waals surface area contributed by atoms with Gasteiger partial charge in [-0.2, -0.15) is 13.2 Å². The molecule has 0 fully saturated rings. The molecule has 2 N–H and O–H groups in total. The Labute approximate surface area is 216 Å². The Bertz CT molecular complexity index is 1140. The lowest BCUT2D eigenvalue weighted by atomic mass is 9.96. The molecule has 0 unspecified atom stereocenters. The van der Waals surface area contributed by atoms with Gasteiger partial charge >= 0.3 is 12.5 Å². The maximum atomic E-state index is 12.9. The summed E-state index contributed by atoms with van der Waals surface area (Å²) in [6.45, 7) is 0. The van der Waals surface area contributed by atoms with E-state index >= 15 is 0 Å². The van der Waals surface area contributed by atoms with Crippen molar-refractivity contribution in [2.45, 2.75) is 37.5 Å². The Morgan fingerprint density at radius 2 is 1.49 bits per heavy atom. The SMILES string of the molecule is CNC(=O)[C@@H](N[C@H](CCc1ccc(C(F)(F)F)cc1)c1cccc(OC(F)(F)F)c1)c1ccccc1.Cl. The van der Waals surface area contributed by atoms with Crippen molar-refractivity contribution < 1.29 is 35.9 Å². The molecule has 37 heavy (non-hydrogen) atoms. The molecule has 0 aromatic heterocycles. The summed E-state index contributed by atoms with van der Waals surface area (Å²) in [6.07, 6.45) is -8.76. The molecule has 0 aliphatic heterocycles. The Kier molecular flexibility index (Phi) is 10.4. The highest BCUT2D eigenvalue weighted by atomic mass is 35.5. The van der Waals surface area contributed by atoms with E-state index in [2.05, 4.69) is 15.4 Å². The number of halogens is 7. The van der Waals surface area contributed by atoms with Crippen LogP contribution in [0.5, 0.6) is 5.75 Å². The molecule has 0 aliphatic carbocycles. The average Bonchev–Trinajstić information content (AvgIpc) is 2.83. The fourth-order valence-corrected chi connectivity index (χ4v) is 3.76. The predicted molar refractivity (Wildman–Crippen MR) is 129 cm³/mol. The third-order valence-electron chi connectivity index (χ3n) is 5.51. The number of aryl methyl sites for hydroxylation is 1. The molecule has 0 saturated carbocycles. The molecule has 0 aliphatic rings. The first-order valence-electron chi connectivity index (χ1n) is 11.0. The van der Waals surface area contributed by atoms with E-state index in [9.17, 15) is 31.1 Å². The molecule has 0 radical (unpaired) electrons. The Hall–Kier alpha value is -3.24. The van der Waals surface area contributed by atoms with Crippen LogP contribution in [0.4, 0.5) is 26.3 Å². The number of nitrogens with one attached hydrogen (secondary N) is 2. The number of ether oxygens (including phenoxy) is 1. The average molecular weight is 547 g/mol. The number of likely N-dealkylation sites (N-methyl/N-ethyl adjacent to an activating group) is 1. The summed E-state index contributed by atoms with van der Waals surface area (Å²) in [5, 5.41) is 5.78. The highest BCUT2D eigenvalue weighted by Crippen LogP contribution is 2.31. The second-order valence-electron chi connectivity index (χ2n) is 8.03. The number of hydrogen-bond acceptors (Lipinski definition) is 3. The summed E-state index contributed by atoms with van der Waals surface area (Å²) < 4.78 is 81.0. The lowest BCUT2D eigenvalue weighted by Gasteiger charge is -2.26. The zero-order valence-corrected chi connectivity index (χ0v) is 20.4. The normalized spacial score (nSPS) is 13.3. The lowest BCUT2D eigenvalue weighted by Crippen LogP contribution is -2.38. The molecule has 3 aromatic carbocycles. The molecule has 0 saturated heterocycles. The van der Waals surface area contributed by atoms with Gasteiger partial charge in [0, 0.05) is 13.1 Å². The van der Waals surface area contributed by atoms with Crippen LogP contribution >= 0.6 is 12.4 Å². The van der Waals surface area contributed by atoms with E-state index in [1.54, 1.807) is 36.4 Å². The van der Waals surface area contributed by atoms with Gasteiger partial charge in [-0.1, -0.05) is 54.6 Å². The molecule has 4 nitrogen and oxygen atoms in total. The van der Waals surface area contributed by atoms with Crippen LogP contribution in [0.1, 0.15) is 40.8 Å². The summed E-state index contributed by atoms with van der Waals surface area (Å²) in [6, 6.07) is 17.4. The van der Waals surface area contributed by atoms with Crippen molar-refractivity contribution in [3.05, 3.63) is 101 Å². The Morgan fingerprint density at radius 1 is 0.865 bits per heavy atom. The first-order valence-corrected chi connectivity index (χ1v) is 11.0. The van der Waals surface area contributed by atoms with E-state index < -0.39 is 35.9 Å². The van der Waals surface area contributed by atoms with Gasteiger partial charge < -0.3 is 10.1 Å². The minimum atomic E-state index is -4.88. The van der Waals surface area contributed by atoms with Crippen LogP contribution in [-0.4, -0.2) is 19.3 Å². The molecule has 3 aromatic rings. The van der Waals surface area contributed by atoms with Gasteiger partial charge in [-0.15, -0.1) is 25.6 Å². The zero-order chi connectivity index (χ0) is 26.3. The number of carbonyl (C=O) groups excluding carboxylic acids is 1. The predicted octanol–water partition coefficient (Wildman–Crippen LogP) is 6.78. The minimum Gasteiger partial charge on any atom is -0.406 e. The van der Waals surface area contributed by atoms with Gasteiger partial charge in [0.15, 0.2) is 0 Å². The minimum absolute atomic E-state index is 0. The smallest absolute Gasteiger partial charge is 0.406 e. The Balaban J connectivity index is 0.00000481. The third-order valence-corrected chi connectivity index (χ3v) is 5.51. The largest absolute Gasteiger partial charge is 0.573 e. The first kappa shape index (κ1) is 30.0. The fourth-order valence-electron chi connectivity index (χ4n) is 3.76. The van der Waals surface area contributed by atoms with E-state index in [0.29, 0.717) is 23.1 Å². The second kappa shape index (κ2) is 12.8. The van der Waals surface area contributed by atoms with Gasteiger partial charge in [0.2, 0.25) is 5.91 Å². The van der Waals surface area contributed by atoms with E-state index in [0.717, 1.165) is 18.2 Å². The molecule has 2 atom stereocenters. The standard InChI is InChI=1S/C26H24F6N2O2.ClH/c1-33-24(35)23(18-6-3-2-4-7-18)34-22(19-8-5-9-21(16-19)36-26(30,31)32)15-12-17-10-13-20(14-11-17)25(27,28)29;/h2-11,13-14,16,22-23,34H,12,15H2,1H3,(H,33,35);1H/t22-,23+;/m1./s1. The van der Waals surface area contributed by atoms with Crippen LogP contribution in [0.25, 0.3) is 0 Å². The van der Waals surface area contributed by atoms with Crippen molar-refractivity contribution in [2.24, 2.45) is 0 Å². The number of carbonyl (C=O) groups is 1. The molecule has 200 valence electrons. The number of benzene rings is 3. The maximum absolute atomic E-state index is 12.9. The van der Waals surface area contributed by atoms with Crippen molar-refractivity contribution >= 4 is 18.3 Å². The molecule has 0 heterocycles. The Morgan fingerprint density at radius 3 is 2.05 bits per heavy atom. The van der Waals surface area contributed by atoms with E-state index in [1.807, 2.05) is 0 Å². The van der Waals surface area contributed by atoms with Crippen LogP contribution in [0.3, 0.4) is 0 Å². The quantitative estimate of drug-likeness (QED) is 0.291. The molecular formula is C26H25ClF6N2O2. The van der Waals surface area contributed by atoms with E-state index in [-0.39, 0.29) is 24.7 Å². The van der Waals surface area contributed by atoms with Crippen LogP contribution in [0, 0.1) is 0 Å². The van der Waals surface area contributed by atoms with Crippen molar-refractivity contribution in [3.8, 4) is 5.75 Å². The highest BCUT2D eigenvalue weighted by molar-refractivity contribution is 5.85. The lowest BCUT2D eigenvalue weighted by molar-refractivity contribution is -0.274. The third kappa shape index (κ3) is 8.98. The molecule has 0 bridgehead atoms. The van der Waals surface area contributed by atoms with Gasteiger partial charge in [0.25, 0.3) is 0 Å². The fraction of sp³-hybridized carbons (Fsp3) is 0.269. The van der Waals surface area contributed by atoms with Crippen LogP contribution in [0.15, 0.2) is 78.9 Å². The summed E-state index contributed by atoms with van der Waals surface area (Å²) >= 11 is 0. The monoisotopic (exact) mass is 546 g/mol. The maximum Gasteiger partial charge on any atom is 0.573 e. The molecular weight excluding hydrogens is 522 g/mol. The summed E-state index contributed by atoms with van der Waals surface area (Å²) in [5.74, 6) is -0.777. The van der Waals surface area contributed by atoms with Crippen molar-refractivity contribution in [1.82, 2.24) is 10.6 Å². The first-order chi connectivity index (χ1) is 17.0. The molecule has 3 rings (SSSR count). The van der Waals surface area contributed by atoms with E-state index in [1.165, 1.54) is 31.3 Å². The van der Waals surface area contributed by atoms with Crippen LogP contribution < -0.4 is 15.4 Å². The van der Waals surface area contributed by atoms with Crippen LogP contribution in [0.2, 0.25) is 0 Å². The number of amides is 1. The highest BCUT2D eigenvalue weighted by Gasteiger charge is 2.32. The van der Waals surface area contributed by atoms with Gasteiger partial charge in [-0.3, -0.25) is 10.1 Å². The van der Waals surface area contributed by atoms with Gasteiger partial charge in [0.05, 0.1) is 5.56 Å². The van der Waals surface area contributed by atoms with Crippen molar-refractivity contribution in [2.75, 3.05) is 7.05 Å². The zero-order valence-electron chi connectivity index (χ0n) is 19.6. The summed E-state index contributed by atoms with van der Waals surface area (Å²) in [7, 11) is 1.47. The van der Waals surface area contributed by atoms with Gasteiger partial charge in [-0.25, -0.2) is 0 Å². The van der Waals surface area contributed by atoms with E-state index in [4.69, 9.17) is 0 Å². The number of alkyl halides is 6. The van der Waals surface area contributed by atoms with Gasteiger partial charge in [-0.05, 0) is 53.8 Å². The van der Waals surface area contributed by atoms with Crippen molar-refractivity contribution in [3.63, 3.8) is 0 Å². The molecule has 11 heteroatoms. The van der Waals surface area contributed by atoms with Crippen molar-refractivity contribution in [1.29, 1.82) is 0 Å². The summed E-state index contributed by atoms with van der Waals surface area (Å²) in [4.78, 5) is 12.7. The molecule has 0 spiro atoms. The topological polar surface area (TPSA) is 50.4 Å². The van der Waals surface area contributed by atoms with Gasteiger partial charge in [0.1, 0.15) is 11.8 Å². The van der Waals surface area contributed by atoms with Crippen LogP contribution in [-0.2, 0) is 17.4 Å². The molecule has 1 amide bonds. The summed E-state index contributed by atoms with van der Waals surface area (Å²) in [5.41, 5.74) is 0.892. The second-order valence-corrected chi connectivity index (χ2v) is 8.03.